The summed E-state index contributed by atoms with van der Waals surface area (Å²) >= 11 is 0. The second-order valence-corrected chi connectivity index (χ2v) is 6.74. The molecule has 120 valence electrons. The molecule has 7 heteroatoms. The van der Waals surface area contributed by atoms with Crippen molar-refractivity contribution in [2.24, 2.45) is 0 Å². The van der Waals surface area contributed by atoms with Gasteiger partial charge in [0.2, 0.25) is 10.0 Å². The lowest BCUT2D eigenvalue weighted by atomic mass is 10.2. The third-order valence-electron chi connectivity index (χ3n) is 2.83. The number of likely N-dealkylation sites (N-methyl/N-ethyl adjacent to an activating group) is 1. The van der Waals surface area contributed by atoms with Gasteiger partial charge in [-0.25, -0.2) is 13.1 Å². The fraction of sp³-hybridized carbons (Fsp3) is 0.571. The number of hydrogen-bond acceptors (Lipinski definition) is 5. The Morgan fingerprint density at radius 2 is 2.05 bits per heavy atom. The molecule has 0 heterocycles. The highest BCUT2D eigenvalue weighted by atomic mass is 32.2. The number of rotatable bonds is 9. The molecule has 0 fully saturated rings. The smallest absolute Gasteiger partial charge is 0.240 e. The normalized spacial score (nSPS) is 11.9. The standard InChI is InChI=1S/C14H24N2O4S/c1-4-9-20-14-6-5-13(10-12(14)11-17)21(18,19)15-7-8-16(2)3/h5-6,10,15,17H,4,7-9,11H2,1-3H3. The monoisotopic (exact) mass is 316 g/mol. The number of nitrogens with one attached hydrogen (secondary N) is 1. The van der Waals surface area contributed by atoms with Crippen LogP contribution in [-0.4, -0.2) is 52.2 Å². The van der Waals surface area contributed by atoms with E-state index < -0.39 is 10.0 Å². The maximum Gasteiger partial charge on any atom is 0.240 e. The van der Waals surface area contributed by atoms with E-state index in [4.69, 9.17) is 4.74 Å². The van der Waals surface area contributed by atoms with Crippen LogP contribution in [-0.2, 0) is 16.6 Å². The highest BCUT2D eigenvalue weighted by molar-refractivity contribution is 7.89. The molecule has 0 unspecified atom stereocenters. The zero-order chi connectivity index (χ0) is 15.9. The Labute approximate surface area is 126 Å². The Balaban J connectivity index is 2.87. The van der Waals surface area contributed by atoms with Crippen molar-refractivity contribution in [1.82, 2.24) is 9.62 Å². The highest BCUT2D eigenvalue weighted by Crippen LogP contribution is 2.23. The molecular formula is C14H24N2O4S. The molecule has 21 heavy (non-hydrogen) atoms. The summed E-state index contributed by atoms with van der Waals surface area (Å²) < 4.78 is 32.3. The Bertz CT molecular complexity index is 544. The zero-order valence-electron chi connectivity index (χ0n) is 12.8. The van der Waals surface area contributed by atoms with Crippen LogP contribution in [0.4, 0.5) is 0 Å². The molecule has 0 saturated carbocycles. The molecule has 0 amide bonds. The van der Waals surface area contributed by atoms with Crippen molar-refractivity contribution in [3.8, 4) is 5.75 Å². The summed E-state index contributed by atoms with van der Waals surface area (Å²) in [4.78, 5) is 2.03. The molecule has 0 atom stereocenters. The first kappa shape index (κ1) is 17.9. The SMILES string of the molecule is CCCOc1ccc(S(=O)(=O)NCCN(C)C)cc1CO. The molecule has 0 radical (unpaired) electrons. The summed E-state index contributed by atoms with van der Waals surface area (Å²) in [5.74, 6) is 0.520. The molecule has 0 aliphatic rings. The minimum absolute atomic E-state index is 0.133. The molecule has 1 rings (SSSR count). The quantitative estimate of drug-likeness (QED) is 0.705. The molecule has 0 spiro atoms. The van der Waals surface area contributed by atoms with Crippen LogP contribution >= 0.6 is 0 Å². The lowest BCUT2D eigenvalue weighted by Crippen LogP contribution is -2.31. The van der Waals surface area contributed by atoms with E-state index in [1.807, 2.05) is 25.9 Å². The summed E-state index contributed by atoms with van der Waals surface area (Å²) in [5.41, 5.74) is 0.471. The van der Waals surface area contributed by atoms with Crippen molar-refractivity contribution in [2.75, 3.05) is 33.8 Å². The van der Waals surface area contributed by atoms with E-state index in [0.29, 0.717) is 31.0 Å². The minimum Gasteiger partial charge on any atom is -0.493 e. The summed E-state index contributed by atoms with van der Waals surface area (Å²) in [7, 11) is 0.177. The molecule has 0 aliphatic heterocycles. The molecule has 0 bridgehead atoms. The molecule has 2 N–H and O–H groups in total. The van der Waals surface area contributed by atoms with Crippen LogP contribution in [0.1, 0.15) is 18.9 Å². The number of hydrogen-bond donors (Lipinski definition) is 2. The molecular weight excluding hydrogens is 292 g/mol. The Morgan fingerprint density at radius 3 is 2.62 bits per heavy atom. The van der Waals surface area contributed by atoms with Crippen LogP contribution in [0.2, 0.25) is 0 Å². The van der Waals surface area contributed by atoms with Crippen molar-refractivity contribution in [3.63, 3.8) is 0 Å². The molecule has 0 saturated heterocycles. The Hall–Kier alpha value is -1.15. The van der Waals surface area contributed by atoms with Crippen LogP contribution in [0.5, 0.6) is 5.75 Å². The topological polar surface area (TPSA) is 78.9 Å². The molecule has 0 aliphatic carbocycles. The Kier molecular flexibility index (Phi) is 7.10. The van der Waals surface area contributed by atoms with Crippen LogP contribution < -0.4 is 9.46 Å². The summed E-state index contributed by atoms with van der Waals surface area (Å²) in [6.07, 6.45) is 0.844. The number of nitrogens with zero attached hydrogens (tertiary/aromatic N) is 1. The van der Waals surface area contributed by atoms with Gasteiger partial charge in [-0.15, -0.1) is 0 Å². The van der Waals surface area contributed by atoms with Gasteiger partial charge >= 0.3 is 0 Å². The molecule has 1 aromatic carbocycles. The number of aliphatic hydroxyl groups is 1. The number of sulfonamides is 1. The third kappa shape index (κ3) is 5.62. The van der Waals surface area contributed by atoms with E-state index in [1.165, 1.54) is 12.1 Å². The molecule has 6 nitrogen and oxygen atoms in total. The summed E-state index contributed by atoms with van der Waals surface area (Å²) in [6, 6.07) is 4.52. The molecule has 1 aromatic rings. The zero-order valence-corrected chi connectivity index (χ0v) is 13.6. The number of aliphatic hydroxyl groups excluding tert-OH is 1. The fourth-order valence-electron chi connectivity index (χ4n) is 1.69. The Morgan fingerprint density at radius 1 is 1.33 bits per heavy atom. The van der Waals surface area contributed by atoms with Gasteiger partial charge in [-0.05, 0) is 38.7 Å². The average Bonchev–Trinajstić information content (AvgIpc) is 2.44. The van der Waals surface area contributed by atoms with E-state index in [0.717, 1.165) is 6.42 Å². The van der Waals surface area contributed by atoms with Crippen molar-refractivity contribution >= 4 is 10.0 Å². The first-order valence-corrected chi connectivity index (χ1v) is 8.40. The van der Waals surface area contributed by atoms with Gasteiger partial charge in [-0.1, -0.05) is 6.92 Å². The van der Waals surface area contributed by atoms with Gasteiger partial charge in [0.05, 0.1) is 18.1 Å². The fourth-order valence-corrected chi connectivity index (χ4v) is 2.76. The maximum absolute atomic E-state index is 12.2. The van der Waals surface area contributed by atoms with Gasteiger partial charge in [-0.3, -0.25) is 0 Å². The number of ether oxygens (including phenoxy) is 1. The maximum atomic E-state index is 12.2. The van der Waals surface area contributed by atoms with Gasteiger partial charge in [0.1, 0.15) is 5.75 Å². The highest BCUT2D eigenvalue weighted by Gasteiger charge is 2.16. The van der Waals surface area contributed by atoms with Crippen molar-refractivity contribution in [3.05, 3.63) is 23.8 Å². The van der Waals surface area contributed by atoms with Gasteiger partial charge in [0.15, 0.2) is 0 Å². The summed E-state index contributed by atoms with van der Waals surface area (Å²) in [5, 5.41) is 9.35. The minimum atomic E-state index is -3.57. The average molecular weight is 316 g/mol. The molecule has 0 aromatic heterocycles. The third-order valence-corrected chi connectivity index (χ3v) is 4.28. The number of benzene rings is 1. The van der Waals surface area contributed by atoms with Gasteiger partial charge < -0.3 is 14.7 Å². The van der Waals surface area contributed by atoms with Crippen molar-refractivity contribution in [2.45, 2.75) is 24.8 Å². The largest absolute Gasteiger partial charge is 0.493 e. The second-order valence-electron chi connectivity index (χ2n) is 4.98. The van der Waals surface area contributed by atoms with Crippen LogP contribution in [0.25, 0.3) is 0 Å². The van der Waals surface area contributed by atoms with E-state index in [9.17, 15) is 13.5 Å². The lowest BCUT2D eigenvalue weighted by molar-refractivity contribution is 0.262. The lowest BCUT2D eigenvalue weighted by Gasteiger charge is -2.13. The predicted octanol–water partition coefficient (Wildman–Crippen LogP) is 0.808. The first-order valence-electron chi connectivity index (χ1n) is 6.91. The van der Waals surface area contributed by atoms with E-state index >= 15 is 0 Å². The van der Waals surface area contributed by atoms with Gasteiger partial charge in [0.25, 0.3) is 0 Å². The van der Waals surface area contributed by atoms with E-state index in [2.05, 4.69) is 4.72 Å². The van der Waals surface area contributed by atoms with E-state index in [1.54, 1.807) is 6.07 Å². The van der Waals surface area contributed by atoms with Crippen LogP contribution in [0.15, 0.2) is 23.1 Å². The predicted molar refractivity (Wildman–Crippen MR) is 81.9 cm³/mol. The van der Waals surface area contributed by atoms with Crippen molar-refractivity contribution < 1.29 is 18.3 Å². The van der Waals surface area contributed by atoms with Crippen LogP contribution in [0, 0.1) is 0 Å². The van der Waals surface area contributed by atoms with Crippen LogP contribution in [0.3, 0.4) is 0 Å². The van der Waals surface area contributed by atoms with Crippen molar-refractivity contribution in [1.29, 1.82) is 0 Å². The van der Waals surface area contributed by atoms with Gasteiger partial charge in [-0.2, -0.15) is 0 Å². The first-order chi connectivity index (χ1) is 9.90. The second kappa shape index (κ2) is 8.33. The summed E-state index contributed by atoms with van der Waals surface area (Å²) in [6.45, 7) is 3.19. The van der Waals surface area contributed by atoms with E-state index in [-0.39, 0.29) is 11.5 Å². The van der Waals surface area contributed by atoms with Gasteiger partial charge in [0, 0.05) is 18.7 Å².